The van der Waals surface area contributed by atoms with Gasteiger partial charge >= 0.3 is 0 Å². The first kappa shape index (κ1) is 13.9. The summed E-state index contributed by atoms with van der Waals surface area (Å²) in [5.74, 6) is 0.566. The first-order chi connectivity index (χ1) is 10.2. The van der Waals surface area contributed by atoms with Crippen LogP contribution < -0.4 is 9.64 Å². The SMILES string of the molecule is COc1ccccc1N1CC(C(=O)N2CCCC2)CC1=O. The van der Waals surface area contributed by atoms with Gasteiger partial charge < -0.3 is 14.5 Å². The molecule has 1 aromatic carbocycles. The van der Waals surface area contributed by atoms with Crippen molar-refractivity contribution in [2.75, 3.05) is 31.6 Å². The minimum absolute atomic E-state index is 0.00273. The lowest BCUT2D eigenvalue weighted by Crippen LogP contribution is -2.35. The van der Waals surface area contributed by atoms with Gasteiger partial charge in [-0.25, -0.2) is 0 Å². The summed E-state index contributed by atoms with van der Waals surface area (Å²) in [7, 11) is 1.59. The minimum Gasteiger partial charge on any atom is -0.495 e. The molecule has 2 fully saturated rings. The molecule has 2 heterocycles. The van der Waals surface area contributed by atoms with Crippen molar-refractivity contribution in [3.05, 3.63) is 24.3 Å². The maximum Gasteiger partial charge on any atom is 0.228 e. The predicted octanol–water partition coefficient (Wildman–Crippen LogP) is 1.67. The fourth-order valence-corrected chi connectivity index (χ4v) is 3.15. The molecule has 0 N–H and O–H groups in total. The first-order valence-electron chi connectivity index (χ1n) is 7.43. The highest BCUT2D eigenvalue weighted by molar-refractivity contribution is 6.01. The van der Waals surface area contributed by atoms with Crippen molar-refractivity contribution >= 4 is 17.5 Å². The van der Waals surface area contributed by atoms with Crippen molar-refractivity contribution in [3.63, 3.8) is 0 Å². The van der Waals surface area contributed by atoms with Crippen molar-refractivity contribution in [2.45, 2.75) is 19.3 Å². The molecule has 5 heteroatoms. The van der Waals surface area contributed by atoms with Gasteiger partial charge in [0.2, 0.25) is 11.8 Å². The van der Waals surface area contributed by atoms with Gasteiger partial charge in [0.15, 0.2) is 0 Å². The van der Waals surface area contributed by atoms with Gasteiger partial charge in [0.05, 0.1) is 18.7 Å². The molecule has 2 aliphatic heterocycles. The zero-order valence-corrected chi connectivity index (χ0v) is 12.2. The van der Waals surface area contributed by atoms with Crippen LogP contribution in [0.1, 0.15) is 19.3 Å². The van der Waals surface area contributed by atoms with Gasteiger partial charge in [-0.2, -0.15) is 0 Å². The second-order valence-corrected chi connectivity index (χ2v) is 5.61. The molecule has 2 saturated heterocycles. The molecule has 2 aliphatic rings. The molecule has 1 atom stereocenters. The Balaban J connectivity index is 1.76. The van der Waals surface area contributed by atoms with Gasteiger partial charge in [-0.1, -0.05) is 12.1 Å². The van der Waals surface area contributed by atoms with Gasteiger partial charge in [-0.05, 0) is 25.0 Å². The van der Waals surface area contributed by atoms with Gasteiger partial charge in [-0.15, -0.1) is 0 Å². The van der Waals surface area contributed by atoms with E-state index >= 15 is 0 Å². The molecule has 0 radical (unpaired) electrons. The van der Waals surface area contributed by atoms with Crippen molar-refractivity contribution in [2.24, 2.45) is 5.92 Å². The number of methoxy groups -OCH3 is 1. The van der Waals surface area contributed by atoms with E-state index in [1.807, 2.05) is 29.2 Å². The number of anilines is 1. The highest BCUT2D eigenvalue weighted by Gasteiger charge is 2.38. The second-order valence-electron chi connectivity index (χ2n) is 5.61. The first-order valence-corrected chi connectivity index (χ1v) is 7.43. The van der Waals surface area contributed by atoms with E-state index in [2.05, 4.69) is 0 Å². The van der Waals surface area contributed by atoms with Crippen LogP contribution in [0.3, 0.4) is 0 Å². The van der Waals surface area contributed by atoms with Crippen LogP contribution in [0.2, 0.25) is 0 Å². The Bertz CT molecular complexity index is 552. The molecule has 0 spiro atoms. The predicted molar refractivity (Wildman–Crippen MR) is 79.3 cm³/mol. The average molecular weight is 288 g/mol. The lowest BCUT2D eigenvalue weighted by atomic mass is 10.1. The van der Waals surface area contributed by atoms with Crippen LogP contribution in [0.15, 0.2) is 24.3 Å². The Hall–Kier alpha value is -2.04. The van der Waals surface area contributed by atoms with Crippen molar-refractivity contribution in [1.29, 1.82) is 0 Å². The fourth-order valence-electron chi connectivity index (χ4n) is 3.15. The summed E-state index contributed by atoms with van der Waals surface area (Å²) in [5.41, 5.74) is 0.752. The Kier molecular flexibility index (Phi) is 3.82. The number of benzene rings is 1. The van der Waals surface area contributed by atoms with E-state index in [0.717, 1.165) is 31.6 Å². The molecule has 0 aromatic heterocycles. The quantitative estimate of drug-likeness (QED) is 0.850. The topological polar surface area (TPSA) is 49.9 Å². The lowest BCUT2D eigenvalue weighted by molar-refractivity contribution is -0.134. The van der Waals surface area contributed by atoms with Gasteiger partial charge in [-0.3, -0.25) is 9.59 Å². The van der Waals surface area contributed by atoms with E-state index in [9.17, 15) is 9.59 Å². The molecule has 0 bridgehead atoms. The number of amides is 2. The van der Waals surface area contributed by atoms with Crippen molar-refractivity contribution in [3.8, 4) is 5.75 Å². The van der Waals surface area contributed by atoms with Crippen LogP contribution in [0, 0.1) is 5.92 Å². The number of rotatable bonds is 3. The monoisotopic (exact) mass is 288 g/mol. The molecule has 3 rings (SSSR count). The standard InChI is InChI=1S/C16H20N2O3/c1-21-14-7-3-2-6-13(14)18-11-12(10-15(18)19)16(20)17-8-4-5-9-17/h2-3,6-7,12H,4-5,8-11H2,1H3. The maximum atomic E-state index is 12.4. The summed E-state index contributed by atoms with van der Waals surface area (Å²) in [5, 5.41) is 0. The second kappa shape index (κ2) is 5.76. The third-order valence-corrected chi connectivity index (χ3v) is 4.27. The Morgan fingerprint density at radius 1 is 1.24 bits per heavy atom. The number of carbonyl (C=O) groups is 2. The smallest absolute Gasteiger partial charge is 0.228 e. The summed E-state index contributed by atoms with van der Waals surface area (Å²) < 4.78 is 5.31. The van der Waals surface area contributed by atoms with Gasteiger partial charge in [0.1, 0.15) is 5.75 Å². The Morgan fingerprint density at radius 3 is 2.67 bits per heavy atom. The molecule has 1 unspecified atom stereocenters. The van der Waals surface area contributed by atoms with Crippen LogP contribution in [-0.4, -0.2) is 43.5 Å². The van der Waals surface area contributed by atoms with E-state index < -0.39 is 0 Å². The number of hydrogen-bond acceptors (Lipinski definition) is 3. The Morgan fingerprint density at radius 2 is 1.95 bits per heavy atom. The van der Waals surface area contributed by atoms with Crippen LogP contribution in [0.5, 0.6) is 5.75 Å². The molecule has 5 nitrogen and oxygen atoms in total. The largest absolute Gasteiger partial charge is 0.495 e. The molecule has 2 amide bonds. The van der Waals surface area contributed by atoms with Crippen LogP contribution in [0.4, 0.5) is 5.69 Å². The summed E-state index contributed by atoms with van der Waals surface area (Å²) in [6.07, 6.45) is 2.44. The van der Waals surface area contributed by atoms with Crippen molar-refractivity contribution < 1.29 is 14.3 Å². The summed E-state index contributed by atoms with van der Waals surface area (Å²) in [6.45, 7) is 2.12. The number of nitrogens with zero attached hydrogens (tertiary/aromatic N) is 2. The third-order valence-electron chi connectivity index (χ3n) is 4.27. The number of likely N-dealkylation sites (tertiary alicyclic amines) is 1. The van der Waals surface area contributed by atoms with E-state index in [1.165, 1.54) is 0 Å². The van der Waals surface area contributed by atoms with E-state index in [1.54, 1.807) is 12.0 Å². The van der Waals surface area contributed by atoms with Gasteiger partial charge in [0, 0.05) is 26.1 Å². The normalized spacial score (nSPS) is 22.0. The number of ether oxygens (including phenoxy) is 1. The minimum atomic E-state index is -0.222. The van der Waals surface area contributed by atoms with E-state index in [0.29, 0.717) is 18.7 Å². The van der Waals surface area contributed by atoms with Crippen LogP contribution in [-0.2, 0) is 9.59 Å². The zero-order valence-electron chi connectivity index (χ0n) is 12.2. The number of hydrogen-bond donors (Lipinski definition) is 0. The van der Waals surface area contributed by atoms with Crippen LogP contribution >= 0.6 is 0 Å². The van der Waals surface area contributed by atoms with Crippen LogP contribution in [0.25, 0.3) is 0 Å². The highest BCUT2D eigenvalue weighted by atomic mass is 16.5. The maximum absolute atomic E-state index is 12.4. The molecule has 0 saturated carbocycles. The molecule has 112 valence electrons. The summed E-state index contributed by atoms with van der Waals surface area (Å²) in [4.78, 5) is 28.3. The third kappa shape index (κ3) is 2.60. The average Bonchev–Trinajstić information content (AvgIpc) is 3.16. The number of carbonyl (C=O) groups excluding carboxylic acids is 2. The van der Waals surface area contributed by atoms with Gasteiger partial charge in [0.25, 0.3) is 0 Å². The molecule has 21 heavy (non-hydrogen) atoms. The molecule has 1 aromatic rings. The zero-order chi connectivity index (χ0) is 14.8. The molecular formula is C16H20N2O3. The lowest BCUT2D eigenvalue weighted by Gasteiger charge is -2.21. The number of para-hydroxylation sites is 2. The summed E-state index contributed by atoms with van der Waals surface area (Å²) >= 11 is 0. The summed E-state index contributed by atoms with van der Waals surface area (Å²) in [6, 6.07) is 7.44. The Labute approximate surface area is 124 Å². The van der Waals surface area contributed by atoms with E-state index in [4.69, 9.17) is 4.74 Å². The molecule has 0 aliphatic carbocycles. The highest BCUT2D eigenvalue weighted by Crippen LogP contribution is 2.33. The van der Waals surface area contributed by atoms with E-state index in [-0.39, 0.29) is 17.7 Å². The van der Waals surface area contributed by atoms with Crippen molar-refractivity contribution in [1.82, 2.24) is 4.90 Å². The fraction of sp³-hybridized carbons (Fsp3) is 0.500. The molecular weight excluding hydrogens is 268 g/mol.